The van der Waals surface area contributed by atoms with Crippen LogP contribution in [0.3, 0.4) is 0 Å². The molecule has 0 aliphatic carbocycles. The normalized spacial score (nSPS) is 18.8. The molecule has 0 spiro atoms. The summed E-state index contributed by atoms with van der Waals surface area (Å²) in [6.07, 6.45) is 1.95. The Morgan fingerprint density at radius 1 is 1.41 bits per heavy atom. The zero-order valence-corrected chi connectivity index (χ0v) is 13.5. The highest BCUT2D eigenvalue weighted by Gasteiger charge is 2.24. The number of aryl methyl sites for hydroxylation is 1. The fraction of sp³-hybridized carbons (Fsp3) is 0.529. The molecule has 5 nitrogen and oxygen atoms in total. The van der Waals surface area contributed by atoms with E-state index >= 15 is 0 Å². The Labute approximate surface area is 131 Å². The summed E-state index contributed by atoms with van der Waals surface area (Å²) >= 11 is 0. The second-order valence-corrected chi connectivity index (χ2v) is 5.84. The zero-order chi connectivity index (χ0) is 16.1. The summed E-state index contributed by atoms with van der Waals surface area (Å²) in [6, 6.07) is 5.24. The van der Waals surface area contributed by atoms with Crippen LogP contribution in [0.25, 0.3) is 0 Å². The quantitative estimate of drug-likeness (QED) is 0.868. The van der Waals surface area contributed by atoms with E-state index in [1.807, 2.05) is 20.0 Å². The van der Waals surface area contributed by atoms with Crippen LogP contribution in [0.4, 0.5) is 5.69 Å². The molecule has 0 aromatic heterocycles. The van der Waals surface area contributed by atoms with Crippen molar-refractivity contribution in [3.8, 4) is 0 Å². The van der Waals surface area contributed by atoms with Crippen molar-refractivity contribution in [1.29, 1.82) is 0 Å². The number of amides is 1. The van der Waals surface area contributed by atoms with Crippen molar-refractivity contribution in [2.45, 2.75) is 26.7 Å². The van der Waals surface area contributed by atoms with Crippen molar-refractivity contribution in [3.63, 3.8) is 0 Å². The molecule has 1 aromatic rings. The SMILES string of the molecule is CCOC(=O)c1ccc(C)c(NC(=O)[C@H]2CCCN(C)C2)c1. The van der Waals surface area contributed by atoms with E-state index in [1.54, 1.807) is 19.1 Å². The number of rotatable bonds is 4. The summed E-state index contributed by atoms with van der Waals surface area (Å²) in [7, 11) is 2.03. The van der Waals surface area contributed by atoms with E-state index in [-0.39, 0.29) is 17.8 Å². The first kappa shape index (κ1) is 16.5. The second kappa shape index (κ2) is 7.40. The summed E-state index contributed by atoms with van der Waals surface area (Å²) in [4.78, 5) is 26.4. The number of likely N-dealkylation sites (tertiary alicyclic amines) is 1. The van der Waals surface area contributed by atoms with Crippen LogP contribution in [0, 0.1) is 12.8 Å². The highest BCUT2D eigenvalue weighted by molar-refractivity contribution is 5.96. The number of nitrogens with zero attached hydrogens (tertiary/aromatic N) is 1. The van der Waals surface area contributed by atoms with E-state index in [1.165, 1.54) is 0 Å². The maximum absolute atomic E-state index is 12.4. The fourth-order valence-electron chi connectivity index (χ4n) is 2.71. The van der Waals surface area contributed by atoms with Crippen molar-refractivity contribution in [1.82, 2.24) is 4.90 Å². The van der Waals surface area contributed by atoms with Gasteiger partial charge in [-0.25, -0.2) is 4.79 Å². The molecule has 1 aromatic carbocycles. The van der Waals surface area contributed by atoms with Gasteiger partial charge in [-0.2, -0.15) is 0 Å². The van der Waals surface area contributed by atoms with Crippen LogP contribution in [0.15, 0.2) is 18.2 Å². The molecular formula is C17H24N2O3. The Kier molecular flexibility index (Phi) is 5.55. The molecule has 120 valence electrons. The first-order chi connectivity index (χ1) is 10.5. The number of ether oxygens (including phenoxy) is 1. The molecule has 1 aliphatic heterocycles. The van der Waals surface area contributed by atoms with E-state index in [4.69, 9.17) is 4.74 Å². The third-order valence-electron chi connectivity index (χ3n) is 4.00. The lowest BCUT2D eigenvalue weighted by molar-refractivity contribution is -0.121. The smallest absolute Gasteiger partial charge is 0.338 e. The Bertz CT molecular complexity index is 557. The van der Waals surface area contributed by atoms with Gasteiger partial charge in [0.15, 0.2) is 0 Å². The molecule has 0 radical (unpaired) electrons. The predicted molar refractivity (Wildman–Crippen MR) is 86.0 cm³/mol. The van der Waals surface area contributed by atoms with Gasteiger partial charge in [-0.15, -0.1) is 0 Å². The topological polar surface area (TPSA) is 58.6 Å². The van der Waals surface area contributed by atoms with E-state index in [2.05, 4.69) is 10.2 Å². The molecule has 1 amide bonds. The zero-order valence-electron chi connectivity index (χ0n) is 13.5. The lowest BCUT2D eigenvalue weighted by Gasteiger charge is -2.28. The first-order valence-electron chi connectivity index (χ1n) is 7.78. The number of piperidine rings is 1. The summed E-state index contributed by atoms with van der Waals surface area (Å²) in [5.74, 6) is -0.338. The molecule has 1 N–H and O–H groups in total. The molecule has 1 atom stereocenters. The molecule has 5 heteroatoms. The molecule has 2 rings (SSSR count). The van der Waals surface area contributed by atoms with E-state index < -0.39 is 0 Å². The summed E-state index contributed by atoms with van der Waals surface area (Å²) in [6.45, 7) is 5.85. The molecule has 0 unspecified atom stereocenters. The maximum atomic E-state index is 12.4. The van der Waals surface area contributed by atoms with Crippen molar-refractivity contribution in [2.24, 2.45) is 5.92 Å². The standard InChI is InChI=1S/C17H24N2O3/c1-4-22-17(21)13-8-7-12(2)15(10-13)18-16(20)14-6-5-9-19(3)11-14/h7-8,10,14H,4-6,9,11H2,1-3H3,(H,18,20)/t14-/m0/s1. The lowest BCUT2D eigenvalue weighted by Crippen LogP contribution is -2.38. The van der Waals surface area contributed by atoms with Gasteiger partial charge in [0.25, 0.3) is 0 Å². The number of esters is 1. The minimum atomic E-state index is -0.365. The number of hydrogen-bond acceptors (Lipinski definition) is 4. The molecule has 1 fully saturated rings. The summed E-state index contributed by atoms with van der Waals surface area (Å²) in [5, 5.41) is 2.96. The molecule has 0 bridgehead atoms. The number of hydrogen-bond donors (Lipinski definition) is 1. The van der Waals surface area contributed by atoms with Crippen LogP contribution in [-0.2, 0) is 9.53 Å². The van der Waals surface area contributed by atoms with Gasteiger partial charge in [0.2, 0.25) is 5.91 Å². The largest absolute Gasteiger partial charge is 0.462 e. The number of nitrogens with one attached hydrogen (secondary N) is 1. The summed E-state index contributed by atoms with van der Waals surface area (Å²) < 4.78 is 5.00. The Balaban J connectivity index is 2.09. The molecule has 0 saturated carbocycles. The summed E-state index contributed by atoms with van der Waals surface area (Å²) in [5.41, 5.74) is 2.08. The van der Waals surface area contributed by atoms with E-state index in [0.29, 0.717) is 17.9 Å². The third kappa shape index (κ3) is 4.07. The van der Waals surface area contributed by atoms with Crippen LogP contribution < -0.4 is 5.32 Å². The van der Waals surface area contributed by atoms with E-state index in [9.17, 15) is 9.59 Å². The maximum Gasteiger partial charge on any atom is 0.338 e. The third-order valence-corrected chi connectivity index (χ3v) is 4.00. The van der Waals surface area contributed by atoms with Crippen molar-refractivity contribution < 1.29 is 14.3 Å². The Hall–Kier alpha value is -1.88. The van der Waals surface area contributed by atoms with Crippen LogP contribution in [0.2, 0.25) is 0 Å². The average Bonchev–Trinajstić information content (AvgIpc) is 2.49. The van der Waals surface area contributed by atoms with Crippen LogP contribution in [0.5, 0.6) is 0 Å². The van der Waals surface area contributed by atoms with Gasteiger partial charge >= 0.3 is 5.97 Å². The van der Waals surface area contributed by atoms with Gasteiger partial charge in [0.1, 0.15) is 0 Å². The predicted octanol–water partition coefficient (Wildman–Crippen LogP) is 2.45. The van der Waals surface area contributed by atoms with Crippen molar-refractivity contribution in [2.75, 3.05) is 32.1 Å². The number of anilines is 1. The van der Waals surface area contributed by atoms with Gasteiger partial charge in [-0.1, -0.05) is 6.07 Å². The highest BCUT2D eigenvalue weighted by atomic mass is 16.5. The highest BCUT2D eigenvalue weighted by Crippen LogP contribution is 2.21. The molecule has 1 saturated heterocycles. The Morgan fingerprint density at radius 3 is 2.86 bits per heavy atom. The second-order valence-electron chi connectivity index (χ2n) is 5.84. The van der Waals surface area contributed by atoms with Gasteiger partial charge in [0.05, 0.1) is 18.1 Å². The lowest BCUT2D eigenvalue weighted by atomic mass is 9.97. The number of carbonyl (C=O) groups excluding carboxylic acids is 2. The Morgan fingerprint density at radius 2 is 2.18 bits per heavy atom. The first-order valence-corrected chi connectivity index (χ1v) is 7.78. The minimum Gasteiger partial charge on any atom is -0.462 e. The molecular weight excluding hydrogens is 280 g/mol. The van der Waals surface area contributed by atoms with Crippen LogP contribution in [-0.4, -0.2) is 43.5 Å². The number of carbonyl (C=O) groups is 2. The monoisotopic (exact) mass is 304 g/mol. The van der Waals surface area contributed by atoms with Gasteiger partial charge in [0, 0.05) is 12.2 Å². The van der Waals surface area contributed by atoms with Gasteiger partial charge < -0.3 is 15.0 Å². The molecule has 22 heavy (non-hydrogen) atoms. The van der Waals surface area contributed by atoms with Crippen LogP contribution >= 0.6 is 0 Å². The van der Waals surface area contributed by atoms with Gasteiger partial charge in [-0.3, -0.25) is 4.79 Å². The van der Waals surface area contributed by atoms with E-state index in [0.717, 1.165) is 31.5 Å². The molecule has 1 heterocycles. The average molecular weight is 304 g/mol. The molecule has 1 aliphatic rings. The van der Waals surface area contributed by atoms with Crippen molar-refractivity contribution in [3.05, 3.63) is 29.3 Å². The van der Waals surface area contributed by atoms with Crippen LogP contribution in [0.1, 0.15) is 35.7 Å². The minimum absolute atomic E-state index is 0.00407. The number of benzene rings is 1. The fourth-order valence-corrected chi connectivity index (χ4v) is 2.71. The van der Waals surface area contributed by atoms with Crippen molar-refractivity contribution >= 4 is 17.6 Å². The van der Waals surface area contributed by atoms with Gasteiger partial charge in [-0.05, 0) is 58.0 Å².